The Balaban J connectivity index is 1.49. The Hall–Kier alpha value is -2.45. The second kappa shape index (κ2) is 5.78. The van der Waals surface area contributed by atoms with Crippen molar-refractivity contribution in [2.45, 2.75) is 31.8 Å². The molecule has 0 aromatic carbocycles. The van der Waals surface area contributed by atoms with Crippen LogP contribution in [0.25, 0.3) is 32.5 Å². The molecule has 1 aliphatic carbocycles. The summed E-state index contributed by atoms with van der Waals surface area (Å²) in [5.41, 5.74) is 1.54. The lowest BCUT2D eigenvalue weighted by atomic mass is 9.64. The summed E-state index contributed by atoms with van der Waals surface area (Å²) in [5, 5.41) is 16.8. The lowest BCUT2D eigenvalue weighted by Crippen LogP contribution is -2.47. The monoisotopic (exact) mass is 400 g/mol. The van der Waals surface area contributed by atoms with Gasteiger partial charge in [0.15, 0.2) is 5.65 Å². The lowest BCUT2D eigenvalue weighted by Gasteiger charge is -2.47. The van der Waals surface area contributed by atoms with Crippen LogP contribution in [0, 0.1) is 5.41 Å². The fourth-order valence-electron chi connectivity index (χ4n) is 4.07. The Morgan fingerprint density at radius 1 is 1.21 bits per heavy atom. The van der Waals surface area contributed by atoms with Crippen LogP contribution in [0.3, 0.4) is 0 Å². The van der Waals surface area contributed by atoms with E-state index in [0.717, 1.165) is 26.9 Å². The predicted molar refractivity (Wildman–Crippen MR) is 104 cm³/mol. The van der Waals surface area contributed by atoms with Crippen molar-refractivity contribution in [1.82, 2.24) is 19.7 Å². The Morgan fingerprint density at radius 2 is 2.00 bits per heavy atom. The van der Waals surface area contributed by atoms with Crippen molar-refractivity contribution in [3.8, 4) is 11.3 Å². The third-order valence-electron chi connectivity index (χ3n) is 5.43. The second-order valence-electron chi connectivity index (χ2n) is 7.95. The number of hydrogen-bond donors (Lipinski definition) is 1. The summed E-state index contributed by atoms with van der Waals surface area (Å²) in [4.78, 5) is 10.5. The largest absolute Gasteiger partial charge is 0.387 e. The van der Waals surface area contributed by atoms with Gasteiger partial charge in [-0.05, 0) is 24.3 Å². The van der Waals surface area contributed by atoms with E-state index in [9.17, 15) is 13.9 Å². The Labute approximate surface area is 163 Å². The molecule has 1 atom stereocenters. The van der Waals surface area contributed by atoms with Crippen molar-refractivity contribution in [1.29, 1.82) is 0 Å². The van der Waals surface area contributed by atoms with Crippen LogP contribution in [0.1, 0.15) is 30.7 Å². The molecule has 1 saturated carbocycles. The number of hydrogen-bond acceptors (Lipinski definition) is 5. The van der Waals surface area contributed by atoms with E-state index >= 15 is 0 Å². The fraction of sp³-hybridized carbons (Fsp3) is 0.350. The molecule has 0 bridgehead atoms. The van der Waals surface area contributed by atoms with Crippen LogP contribution < -0.4 is 0 Å². The van der Waals surface area contributed by atoms with E-state index in [1.807, 2.05) is 37.5 Å². The van der Waals surface area contributed by atoms with Crippen molar-refractivity contribution in [2.24, 2.45) is 12.5 Å². The molecule has 1 aliphatic rings. The summed E-state index contributed by atoms with van der Waals surface area (Å²) in [6.07, 6.45) is 2.15. The van der Waals surface area contributed by atoms with Gasteiger partial charge < -0.3 is 5.11 Å². The molecule has 1 N–H and O–H groups in total. The van der Waals surface area contributed by atoms with E-state index in [0.29, 0.717) is 10.5 Å². The van der Waals surface area contributed by atoms with Crippen LogP contribution in [-0.2, 0) is 7.05 Å². The van der Waals surface area contributed by atoms with Gasteiger partial charge in [-0.3, -0.25) is 4.68 Å². The third kappa shape index (κ3) is 2.79. The minimum absolute atomic E-state index is 0.287. The summed E-state index contributed by atoms with van der Waals surface area (Å²) in [5.74, 6) is -2.67. The normalized spacial score (nSPS) is 19.0. The molecular weight excluding hydrogens is 382 g/mol. The number of aliphatic hydroxyl groups is 1. The van der Waals surface area contributed by atoms with E-state index in [1.165, 1.54) is 11.3 Å². The molecule has 4 aromatic rings. The molecule has 28 heavy (non-hydrogen) atoms. The quantitative estimate of drug-likeness (QED) is 0.541. The number of aryl methyl sites for hydroxylation is 1. The maximum Gasteiger partial charge on any atom is 0.249 e. The topological polar surface area (TPSA) is 63.8 Å². The molecule has 5 rings (SSSR count). The molecule has 0 aliphatic heterocycles. The van der Waals surface area contributed by atoms with E-state index in [4.69, 9.17) is 4.98 Å². The first-order chi connectivity index (χ1) is 13.2. The highest BCUT2D eigenvalue weighted by Crippen LogP contribution is 2.58. The van der Waals surface area contributed by atoms with Gasteiger partial charge >= 0.3 is 0 Å². The number of halogens is 2. The number of fused-ring (bicyclic) bond motifs is 2. The molecular formula is C20H18F2N4OS. The summed E-state index contributed by atoms with van der Waals surface area (Å²) >= 11 is 1.36. The summed E-state index contributed by atoms with van der Waals surface area (Å²) in [6, 6.07) is 7.69. The highest BCUT2D eigenvalue weighted by atomic mass is 32.1. The maximum atomic E-state index is 13.3. The van der Waals surface area contributed by atoms with Gasteiger partial charge in [-0.25, -0.2) is 18.7 Å². The van der Waals surface area contributed by atoms with Crippen molar-refractivity contribution in [3.63, 3.8) is 0 Å². The van der Waals surface area contributed by atoms with Crippen LogP contribution in [0.5, 0.6) is 0 Å². The molecule has 144 valence electrons. The Kier molecular flexibility index (Phi) is 3.64. The van der Waals surface area contributed by atoms with E-state index < -0.39 is 17.4 Å². The number of thiophene rings is 1. The SMILES string of the molecule is Cn1cc2cc(-c3ccc4cc(C(O)C5(C)CC(F)(F)C5)sc4n3)cnc2n1. The summed E-state index contributed by atoms with van der Waals surface area (Å²) < 4.78 is 28.4. The van der Waals surface area contributed by atoms with Crippen LogP contribution in [0.4, 0.5) is 8.78 Å². The van der Waals surface area contributed by atoms with Crippen molar-refractivity contribution in [2.75, 3.05) is 0 Å². The zero-order chi connectivity index (χ0) is 19.7. The standard InChI is InChI=1S/C20H18F2N4OS/c1-19(9-20(21,22)10-19)16(27)15-6-11-3-4-14(24-18(11)28-15)12-5-13-8-26(2)25-17(13)23-7-12/h3-8,16,27H,9-10H2,1-2H3. The molecule has 0 saturated heterocycles. The predicted octanol–water partition coefficient (Wildman–Crippen LogP) is 4.71. The van der Waals surface area contributed by atoms with Crippen molar-refractivity contribution >= 4 is 32.6 Å². The number of rotatable bonds is 3. The van der Waals surface area contributed by atoms with Gasteiger partial charge in [-0.2, -0.15) is 5.10 Å². The molecule has 8 heteroatoms. The minimum Gasteiger partial charge on any atom is -0.387 e. The van der Waals surface area contributed by atoms with Crippen LogP contribution in [-0.4, -0.2) is 30.8 Å². The summed E-state index contributed by atoms with van der Waals surface area (Å²) in [6.45, 7) is 1.72. The average Bonchev–Trinajstić information content (AvgIpc) is 3.19. The highest BCUT2D eigenvalue weighted by molar-refractivity contribution is 7.18. The van der Waals surface area contributed by atoms with Gasteiger partial charge in [-0.1, -0.05) is 6.92 Å². The van der Waals surface area contributed by atoms with Crippen LogP contribution >= 0.6 is 11.3 Å². The van der Waals surface area contributed by atoms with Crippen molar-refractivity contribution in [3.05, 3.63) is 41.5 Å². The average molecular weight is 400 g/mol. The molecule has 0 spiro atoms. The highest BCUT2D eigenvalue weighted by Gasteiger charge is 2.57. The molecule has 1 unspecified atom stereocenters. The first-order valence-electron chi connectivity index (χ1n) is 8.99. The summed E-state index contributed by atoms with van der Waals surface area (Å²) in [7, 11) is 1.85. The minimum atomic E-state index is -2.67. The smallest absolute Gasteiger partial charge is 0.249 e. The number of alkyl halides is 2. The zero-order valence-electron chi connectivity index (χ0n) is 15.4. The first-order valence-corrected chi connectivity index (χ1v) is 9.80. The van der Waals surface area contributed by atoms with Gasteiger partial charge in [0.1, 0.15) is 4.83 Å². The van der Waals surface area contributed by atoms with Crippen LogP contribution in [0.15, 0.2) is 36.7 Å². The molecule has 0 radical (unpaired) electrons. The molecule has 4 heterocycles. The Bertz CT molecular complexity index is 1210. The van der Waals surface area contributed by atoms with Gasteiger partial charge in [0.05, 0.1) is 11.8 Å². The maximum absolute atomic E-state index is 13.3. The fourth-order valence-corrected chi connectivity index (χ4v) is 5.27. The number of aliphatic hydroxyl groups excluding tert-OH is 1. The Morgan fingerprint density at radius 3 is 2.75 bits per heavy atom. The van der Waals surface area contributed by atoms with E-state index in [1.54, 1.807) is 17.8 Å². The van der Waals surface area contributed by atoms with Crippen molar-refractivity contribution < 1.29 is 13.9 Å². The van der Waals surface area contributed by atoms with E-state index in [-0.39, 0.29) is 12.8 Å². The number of pyridine rings is 2. The molecule has 1 fully saturated rings. The number of aromatic nitrogens is 4. The van der Waals surface area contributed by atoms with E-state index in [2.05, 4.69) is 10.1 Å². The second-order valence-corrected chi connectivity index (χ2v) is 9.01. The molecule has 0 amide bonds. The number of nitrogens with zero attached hydrogens (tertiary/aromatic N) is 4. The molecule has 5 nitrogen and oxygen atoms in total. The van der Waals surface area contributed by atoms with Gasteiger partial charge in [0.25, 0.3) is 0 Å². The lowest BCUT2D eigenvalue weighted by molar-refractivity contribution is -0.193. The van der Waals surface area contributed by atoms with Crippen LogP contribution in [0.2, 0.25) is 0 Å². The molecule has 4 aromatic heterocycles. The third-order valence-corrected chi connectivity index (χ3v) is 6.52. The van der Waals surface area contributed by atoms with Gasteiger partial charge in [0, 0.05) is 58.9 Å². The first kappa shape index (κ1) is 17.6. The van der Waals surface area contributed by atoms with Gasteiger partial charge in [0.2, 0.25) is 5.92 Å². The van der Waals surface area contributed by atoms with Gasteiger partial charge in [-0.15, -0.1) is 11.3 Å². The zero-order valence-corrected chi connectivity index (χ0v) is 16.2.